The minimum Gasteiger partial charge on any atom is -0.255 e. The van der Waals surface area contributed by atoms with Crippen molar-refractivity contribution < 1.29 is 8.42 Å². The minimum absolute atomic E-state index is 0.155. The number of nitrogens with one attached hydrogen (secondary N) is 1. The molecule has 108 valence electrons. The molecule has 0 unspecified atom stereocenters. The number of para-hydroxylation sites is 1. The van der Waals surface area contributed by atoms with Gasteiger partial charge in [0.2, 0.25) is 0 Å². The predicted molar refractivity (Wildman–Crippen MR) is 86.6 cm³/mol. The third-order valence-corrected chi connectivity index (χ3v) is 5.64. The van der Waals surface area contributed by atoms with Crippen molar-refractivity contribution in [2.24, 2.45) is 0 Å². The molecule has 1 aromatic heterocycles. The molecule has 0 atom stereocenters. The molecule has 0 saturated heterocycles. The van der Waals surface area contributed by atoms with Crippen LogP contribution in [0.15, 0.2) is 47.4 Å². The Bertz CT molecular complexity index is 902. The summed E-state index contributed by atoms with van der Waals surface area (Å²) in [5.41, 5.74) is 1.83. The molecule has 0 aliphatic rings. The molecule has 0 saturated carbocycles. The first-order chi connectivity index (χ1) is 9.95. The van der Waals surface area contributed by atoms with Crippen molar-refractivity contribution in [3.63, 3.8) is 0 Å². The summed E-state index contributed by atoms with van der Waals surface area (Å²) in [4.78, 5) is 4.50. The zero-order valence-electron chi connectivity index (χ0n) is 11.0. The number of sulfonamides is 1. The van der Waals surface area contributed by atoms with Gasteiger partial charge >= 0.3 is 0 Å². The molecule has 0 fully saturated rings. The van der Waals surface area contributed by atoms with E-state index in [4.69, 9.17) is 11.6 Å². The van der Waals surface area contributed by atoms with Crippen LogP contribution in [0.3, 0.4) is 0 Å². The molecular weight excluding hydrogens is 328 g/mol. The van der Waals surface area contributed by atoms with E-state index in [1.807, 2.05) is 25.1 Å². The third-order valence-electron chi connectivity index (χ3n) is 2.97. The van der Waals surface area contributed by atoms with Gasteiger partial charge in [0.05, 0.1) is 15.1 Å². The number of aromatic nitrogens is 1. The molecular formula is C14H11ClN2O2S2. The molecule has 1 N–H and O–H groups in total. The molecule has 0 spiro atoms. The van der Waals surface area contributed by atoms with Crippen molar-refractivity contribution in [2.45, 2.75) is 11.8 Å². The number of halogens is 1. The molecule has 0 aliphatic carbocycles. The molecule has 0 radical (unpaired) electrons. The Morgan fingerprint density at radius 3 is 2.52 bits per heavy atom. The van der Waals surface area contributed by atoms with Crippen LogP contribution in [-0.4, -0.2) is 13.4 Å². The number of benzene rings is 2. The fourth-order valence-electron chi connectivity index (χ4n) is 1.92. The van der Waals surface area contributed by atoms with Crippen molar-refractivity contribution in [3.8, 4) is 0 Å². The number of aryl methyl sites for hydroxylation is 1. The van der Waals surface area contributed by atoms with E-state index in [0.29, 0.717) is 10.2 Å². The highest BCUT2D eigenvalue weighted by atomic mass is 35.5. The Morgan fingerprint density at radius 2 is 1.86 bits per heavy atom. The van der Waals surface area contributed by atoms with E-state index in [1.165, 1.54) is 23.5 Å². The molecule has 4 nitrogen and oxygen atoms in total. The molecule has 0 amide bonds. The number of hydrogen-bond donors (Lipinski definition) is 1. The molecule has 2 aromatic carbocycles. The maximum atomic E-state index is 12.3. The summed E-state index contributed by atoms with van der Waals surface area (Å²) in [6.45, 7) is 1.94. The monoisotopic (exact) mass is 338 g/mol. The summed E-state index contributed by atoms with van der Waals surface area (Å²) in [6, 6.07) is 11.8. The summed E-state index contributed by atoms with van der Waals surface area (Å²) < 4.78 is 28.0. The Morgan fingerprint density at radius 1 is 1.14 bits per heavy atom. The lowest BCUT2D eigenvalue weighted by molar-refractivity contribution is 0.601. The van der Waals surface area contributed by atoms with Crippen LogP contribution in [0.1, 0.15) is 5.56 Å². The Hall–Kier alpha value is -1.63. The number of nitrogens with zero attached hydrogens (tertiary/aromatic N) is 1. The van der Waals surface area contributed by atoms with E-state index < -0.39 is 10.0 Å². The zero-order valence-corrected chi connectivity index (χ0v) is 13.4. The van der Waals surface area contributed by atoms with E-state index >= 15 is 0 Å². The standard InChI is InChI=1S/C14H11ClN2O2S2/c1-9-3-2-4-12-13(9)16-14(20-12)17-21(18,19)11-7-5-10(15)6-8-11/h2-8H,1H3,(H,16,17). The van der Waals surface area contributed by atoms with E-state index in [2.05, 4.69) is 9.71 Å². The molecule has 7 heteroatoms. The smallest absolute Gasteiger partial charge is 0.255 e. The van der Waals surface area contributed by atoms with E-state index in [-0.39, 0.29) is 4.90 Å². The second-order valence-corrected chi connectivity index (χ2v) is 7.65. The maximum absolute atomic E-state index is 12.3. The second kappa shape index (κ2) is 5.29. The molecule has 0 aliphatic heterocycles. The largest absolute Gasteiger partial charge is 0.263 e. The number of anilines is 1. The van der Waals surface area contributed by atoms with Crippen LogP contribution in [-0.2, 0) is 10.0 Å². The maximum Gasteiger partial charge on any atom is 0.263 e. The van der Waals surface area contributed by atoms with E-state index in [0.717, 1.165) is 15.8 Å². The number of fused-ring (bicyclic) bond motifs is 1. The van der Waals surface area contributed by atoms with Gasteiger partial charge in [-0.25, -0.2) is 13.4 Å². The normalized spacial score (nSPS) is 11.7. The van der Waals surface area contributed by atoms with Crippen LogP contribution in [0, 0.1) is 6.92 Å². The minimum atomic E-state index is -3.65. The third kappa shape index (κ3) is 2.88. The molecule has 21 heavy (non-hydrogen) atoms. The first-order valence-corrected chi connectivity index (χ1v) is 8.78. The van der Waals surface area contributed by atoms with Crippen molar-refractivity contribution >= 4 is 48.3 Å². The SMILES string of the molecule is Cc1cccc2sc(NS(=O)(=O)c3ccc(Cl)cc3)nc12. The average molecular weight is 339 g/mol. The molecule has 3 rings (SSSR count). The van der Waals surface area contributed by atoms with Gasteiger partial charge < -0.3 is 0 Å². The van der Waals surface area contributed by atoms with Gasteiger partial charge in [0.25, 0.3) is 10.0 Å². The summed E-state index contributed by atoms with van der Waals surface area (Å²) >= 11 is 7.08. The lowest BCUT2D eigenvalue weighted by atomic mass is 10.2. The first kappa shape index (κ1) is 14.3. The van der Waals surface area contributed by atoms with Crippen LogP contribution in [0.2, 0.25) is 5.02 Å². The summed E-state index contributed by atoms with van der Waals surface area (Å²) in [7, 11) is -3.65. The highest BCUT2D eigenvalue weighted by Crippen LogP contribution is 2.29. The van der Waals surface area contributed by atoms with Crippen LogP contribution in [0.5, 0.6) is 0 Å². The fourth-order valence-corrected chi connectivity index (χ4v) is 4.22. The lowest BCUT2D eigenvalue weighted by Gasteiger charge is -2.04. The van der Waals surface area contributed by atoms with Gasteiger partial charge in [0, 0.05) is 5.02 Å². The number of rotatable bonds is 3. The van der Waals surface area contributed by atoms with Crippen molar-refractivity contribution in [3.05, 3.63) is 53.1 Å². The van der Waals surface area contributed by atoms with Crippen LogP contribution < -0.4 is 4.72 Å². The van der Waals surface area contributed by atoms with E-state index in [9.17, 15) is 8.42 Å². The molecule has 0 bridgehead atoms. The summed E-state index contributed by atoms with van der Waals surface area (Å²) in [5.74, 6) is 0. The average Bonchev–Trinajstić information content (AvgIpc) is 2.82. The second-order valence-electron chi connectivity index (χ2n) is 4.50. The van der Waals surface area contributed by atoms with Crippen LogP contribution in [0.25, 0.3) is 10.2 Å². The fraction of sp³-hybridized carbons (Fsp3) is 0.0714. The van der Waals surface area contributed by atoms with Crippen LogP contribution >= 0.6 is 22.9 Å². The van der Waals surface area contributed by atoms with Gasteiger partial charge in [-0.2, -0.15) is 0 Å². The summed E-state index contributed by atoms with van der Waals surface area (Å²) in [6.07, 6.45) is 0. The van der Waals surface area contributed by atoms with Gasteiger partial charge in [0.15, 0.2) is 5.13 Å². The zero-order chi connectivity index (χ0) is 15.0. The number of hydrogen-bond acceptors (Lipinski definition) is 4. The van der Waals surface area contributed by atoms with Crippen molar-refractivity contribution in [1.29, 1.82) is 0 Å². The lowest BCUT2D eigenvalue weighted by Crippen LogP contribution is -2.12. The molecule has 1 heterocycles. The highest BCUT2D eigenvalue weighted by molar-refractivity contribution is 7.93. The highest BCUT2D eigenvalue weighted by Gasteiger charge is 2.16. The quantitative estimate of drug-likeness (QED) is 0.783. The van der Waals surface area contributed by atoms with Crippen LogP contribution in [0.4, 0.5) is 5.13 Å². The Kier molecular flexibility index (Phi) is 3.61. The number of thiazole rings is 1. The van der Waals surface area contributed by atoms with Crippen molar-refractivity contribution in [2.75, 3.05) is 4.72 Å². The van der Waals surface area contributed by atoms with Gasteiger partial charge in [-0.1, -0.05) is 35.1 Å². The predicted octanol–water partition coefficient (Wildman–Crippen LogP) is 4.06. The van der Waals surface area contributed by atoms with E-state index in [1.54, 1.807) is 12.1 Å². The molecule has 3 aromatic rings. The van der Waals surface area contributed by atoms with Gasteiger partial charge in [-0.15, -0.1) is 0 Å². The first-order valence-electron chi connectivity index (χ1n) is 6.10. The van der Waals surface area contributed by atoms with Gasteiger partial charge in [-0.05, 0) is 42.8 Å². The van der Waals surface area contributed by atoms with Gasteiger partial charge in [-0.3, -0.25) is 4.72 Å². The van der Waals surface area contributed by atoms with Gasteiger partial charge in [0.1, 0.15) is 0 Å². The summed E-state index contributed by atoms with van der Waals surface area (Å²) in [5, 5.41) is 0.846. The Balaban J connectivity index is 1.97. The Labute approximate surface area is 131 Å². The topological polar surface area (TPSA) is 59.1 Å². The van der Waals surface area contributed by atoms with Crippen molar-refractivity contribution in [1.82, 2.24) is 4.98 Å².